The summed E-state index contributed by atoms with van der Waals surface area (Å²) < 4.78 is 5.92. The second-order valence-corrected chi connectivity index (χ2v) is 7.66. The molecule has 1 aliphatic carbocycles. The molecule has 0 spiro atoms. The van der Waals surface area contributed by atoms with Crippen LogP contribution in [0.3, 0.4) is 0 Å². The van der Waals surface area contributed by atoms with Gasteiger partial charge in [0.05, 0.1) is 0 Å². The predicted molar refractivity (Wildman–Crippen MR) is 119 cm³/mol. The predicted octanol–water partition coefficient (Wildman–Crippen LogP) is 5.50. The molecule has 146 valence electrons. The van der Waals surface area contributed by atoms with Crippen LogP contribution in [-0.4, -0.2) is 25.0 Å². The van der Waals surface area contributed by atoms with Crippen molar-refractivity contribution in [2.45, 2.75) is 31.4 Å². The number of ether oxygens (including phenoxy) is 1. The van der Waals surface area contributed by atoms with Gasteiger partial charge in [-0.15, -0.1) is 12.4 Å². The summed E-state index contributed by atoms with van der Waals surface area (Å²) in [5, 5.41) is 0. The smallest absolute Gasteiger partial charge is 0.119 e. The molecule has 3 heteroatoms. The zero-order valence-electron chi connectivity index (χ0n) is 16.5. The van der Waals surface area contributed by atoms with E-state index in [9.17, 15) is 0 Å². The fraction of sp³-hybridized carbons (Fsp3) is 0.280. The van der Waals surface area contributed by atoms with Crippen molar-refractivity contribution in [1.29, 1.82) is 0 Å². The average molecular weight is 394 g/mol. The number of hydrogen-bond acceptors (Lipinski definition) is 2. The highest BCUT2D eigenvalue weighted by molar-refractivity contribution is 5.85. The van der Waals surface area contributed by atoms with Gasteiger partial charge in [0, 0.05) is 12.0 Å². The molecule has 0 N–H and O–H groups in total. The van der Waals surface area contributed by atoms with Crippen molar-refractivity contribution in [2.75, 3.05) is 14.1 Å². The van der Waals surface area contributed by atoms with Crippen LogP contribution >= 0.6 is 12.4 Å². The van der Waals surface area contributed by atoms with Gasteiger partial charge in [-0.1, -0.05) is 66.7 Å². The fourth-order valence-electron chi connectivity index (χ4n) is 4.16. The van der Waals surface area contributed by atoms with Crippen molar-refractivity contribution in [1.82, 2.24) is 4.90 Å². The number of hydrogen-bond donors (Lipinski definition) is 0. The van der Waals surface area contributed by atoms with Gasteiger partial charge in [-0.25, -0.2) is 0 Å². The van der Waals surface area contributed by atoms with Gasteiger partial charge in [-0.3, -0.25) is 0 Å². The average Bonchev–Trinajstić information content (AvgIpc) is 3.07. The highest BCUT2D eigenvalue weighted by atomic mass is 35.5. The first-order chi connectivity index (χ1) is 13.2. The normalized spacial score (nSPS) is 17.8. The van der Waals surface area contributed by atoms with Crippen LogP contribution in [0.2, 0.25) is 0 Å². The molecule has 2 atom stereocenters. The van der Waals surface area contributed by atoms with E-state index in [1.54, 1.807) is 0 Å². The summed E-state index contributed by atoms with van der Waals surface area (Å²) in [6.45, 7) is 0.610. The molecule has 0 amide bonds. The molecular weight excluding hydrogens is 366 g/mol. The summed E-state index contributed by atoms with van der Waals surface area (Å²) in [5.74, 6) is 1.48. The second kappa shape index (κ2) is 9.27. The van der Waals surface area contributed by atoms with Gasteiger partial charge in [0.25, 0.3) is 0 Å². The Labute approximate surface area is 174 Å². The van der Waals surface area contributed by atoms with Crippen LogP contribution in [-0.2, 0) is 19.4 Å². The van der Waals surface area contributed by atoms with Crippen molar-refractivity contribution in [3.05, 3.63) is 101 Å². The SMILES string of the molecule is CN(C)[C@H]1Cc2ccccc2[C@H]1Cc1ccc(OCc2ccccc2)cc1.Cl. The van der Waals surface area contributed by atoms with E-state index < -0.39 is 0 Å². The maximum absolute atomic E-state index is 5.92. The van der Waals surface area contributed by atoms with E-state index in [4.69, 9.17) is 4.74 Å². The highest BCUT2D eigenvalue weighted by Gasteiger charge is 2.33. The van der Waals surface area contributed by atoms with Gasteiger partial charge < -0.3 is 9.64 Å². The molecular formula is C25H28ClNO. The van der Waals surface area contributed by atoms with Gasteiger partial charge in [0.2, 0.25) is 0 Å². The van der Waals surface area contributed by atoms with Gasteiger partial charge in [-0.05, 0) is 61.3 Å². The minimum atomic E-state index is 0. The van der Waals surface area contributed by atoms with E-state index >= 15 is 0 Å². The van der Waals surface area contributed by atoms with Crippen LogP contribution in [0.4, 0.5) is 0 Å². The first-order valence-electron chi connectivity index (χ1n) is 9.70. The lowest BCUT2D eigenvalue weighted by molar-refractivity contribution is 0.265. The summed E-state index contributed by atoms with van der Waals surface area (Å²) in [4.78, 5) is 2.38. The number of rotatable bonds is 6. The zero-order valence-corrected chi connectivity index (χ0v) is 17.4. The van der Waals surface area contributed by atoms with E-state index in [2.05, 4.69) is 79.7 Å². The van der Waals surface area contributed by atoms with Gasteiger partial charge in [0.15, 0.2) is 0 Å². The number of fused-ring (bicyclic) bond motifs is 1. The number of halogens is 1. The van der Waals surface area contributed by atoms with Crippen molar-refractivity contribution in [3.63, 3.8) is 0 Å². The molecule has 0 saturated carbocycles. The van der Waals surface area contributed by atoms with Crippen molar-refractivity contribution in [3.8, 4) is 5.75 Å². The molecule has 4 rings (SSSR count). The summed E-state index contributed by atoms with van der Waals surface area (Å²) >= 11 is 0. The van der Waals surface area contributed by atoms with Crippen LogP contribution in [0.25, 0.3) is 0 Å². The fourth-order valence-corrected chi connectivity index (χ4v) is 4.16. The minimum Gasteiger partial charge on any atom is -0.489 e. The second-order valence-electron chi connectivity index (χ2n) is 7.66. The highest BCUT2D eigenvalue weighted by Crippen LogP contribution is 2.38. The third-order valence-corrected chi connectivity index (χ3v) is 5.64. The number of benzene rings is 3. The molecule has 3 aromatic carbocycles. The number of likely N-dealkylation sites (N-methyl/N-ethyl adjacent to an activating group) is 1. The van der Waals surface area contributed by atoms with E-state index in [1.807, 2.05) is 18.2 Å². The zero-order chi connectivity index (χ0) is 18.6. The monoisotopic (exact) mass is 393 g/mol. The molecule has 0 saturated heterocycles. The maximum atomic E-state index is 5.92. The van der Waals surface area contributed by atoms with Gasteiger partial charge in [0.1, 0.15) is 12.4 Å². The standard InChI is InChI=1S/C25H27NO.ClH/c1-26(2)25-17-21-10-6-7-11-23(21)24(25)16-19-12-14-22(15-13-19)27-18-20-8-4-3-5-9-20;/h3-15,24-25H,16-18H2,1-2H3;1H/t24-,25+;/m1./s1. The largest absolute Gasteiger partial charge is 0.489 e. The molecule has 0 bridgehead atoms. The van der Waals surface area contributed by atoms with E-state index in [0.29, 0.717) is 18.6 Å². The van der Waals surface area contributed by atoms with Crippen LogP contribution < -0.4 is 4.74 Å². The molecule has 0 unspecified atom stereocenters. The summed E-state index contributed by atoms with van der Waals surface area (Å²) in [5.41, 5.74) is 5.58. The van der Waals surface area contributed by atoms with E-state index in [0.717, 1.165) is 18.6 Å². The van der Waals surface area contributed by atoms with Crippen molar-refractivity contribution >= 4 is 12.4 Å². The Balaban J connectivity index is 0.00000225. The van der Waals surface area contributed by atoms with Crippen LogP contribution in [0.15, 0.2) is 78.9 Å². The molecule has 2 nitrogen and oxygen atoms in total. The van der Waals surface area contributed by atoms with Crippen molar-refractivity contribution in [2.24, 2.45) is 0 Å². The number of nitrogens with zero attached hydrogens (tertiary/aromatic N) is 1. The van der Waals surface area contributed by atoms with Crippen molar-refractivity contribution < 1.29 is 4.74 Å². The molecule has 0 aliphatic heterocycles. The Kier molecular flexibility index (Phi) is 6.77. The van der Waals surface area contributed by atoms with Crippen LogP contribution in [0, 0.1) is 0 Å². The first kappa shape index (κ1) is 20.4. The molecule has 0 radical (unpaired) electrons. The summed E-state index contributed by atoms with van der Waals surface area (Å²) in [6, 6.07) is 28.4. The maximum Gasteiger partial charge on any atom is 0.119 e. The Morgan fingerprint density at radius 2 is 1.50 bits per heavy atom. The van der Waals surface area contributed by atoms with Crippen LogP contribution in [0.1, 0.15) is 28.2 Å². The molecule has 0 heterocycles. The molecule has 0 aromatic heterocycles. The minimum absolute atomic E-state index is 0. The van der Waals surface area contributed by atoms with E-state index in [-0.39, 0.29) is 12.4 Å². The third kappa shape index (κ3) is 4.57. The molecule has 3 aromatic rings. The lowest BCUT2D eigenvalue weighted by Crippen LogP contribution is -2.32. The lowest BCUT2D eigenvalue weighted by atomic mass is 9.90. The Morgan fingerprint density at radius 1 is 0.821 bits per heavy atom. The first-order valence-corrected chi connectivity index (χ1v) is 9.70. The Morgan fingerprint density at radius 3 is 2.21 bits per heavy atom. The van der Waals surface area contributed by atoms with Gasteiger partial charge >= 0.3 is 0 Å². The third-order valence-electron chi connectivity index (χ3n) is 5.64. The van der Waals surface area contributed by atoms with E-state index in [1.165, 1.54) is 22.3 Å². The molecule has 28 heavy (non-hydrogen) atoms. The topological polar surface area (TPSA) is 12.5 Å². The Bertz CT molecular complexity index is 877. The quantitative estimate of drug-likeness (QED) is 0.548. The lowest BCUT2D eigenvalue weighted by Gasteiger charge is -2.27. The molecule has 0 fully saturated rings. The Hall–Kier alpha value is -2.29. The molecule has 1 aliphatic rings. The van der Waals surface area contributed by atoms with Gasteiger partial charge in [-0.2, -0.15) is 0 Å². The van der Waals surface area contributed by atoms with Crippen LogP contribution in [0.5, 0.6) is 5.75 Å². The summed E-state index contributed by atoms with van der Waals surface area (Å²) in [6.07, 6.45) is 2.21. The summed E-state index contributed by atoms with van der Waals surface area (Å²) in [7, 11) is 4.40.